The molecule has 0 radical (unpaired) electrons. The molecule has 1 fully saturated rings. The Morgan fingerprint density at radius 2 is 2.21 bits per heavy atom. The number of nitrogens with two attached hydrogens (primary N) is 1. The lowest BCUT2D eigenvalue weighted by Gasteiger charge is -2.31. The fourth-order valence-corrected chi connectivity index (χ4v) is 4.98. The van der Waals surface area contributed by atoms with E-state index in [-0.39, 0.29) is 17.2 Å². The maximum absolute atomic E-state index is 11.7. The molecule has 0 aromatic carbocycles. The molecule has 2 N–H and O–H groups in total. The molecule has 1 aromatic rings. The van der Waals surface area contributed by atoms with E-state index in [0.29, 0.717) is 6.42 Å². The molecule has 1 heterocycles. The Labute approximate surface area is 118 Å². The van der Waals surface area contributed by atoms with Crippen molar-refractivity contribution < 1.29 is 13.2 Å². The lowest BCUT2D eigenvalue weighted by molar-refractivity contribution is 0.305. The molecule has 108 valence electrons. The number of thiophene rings is 1. The van der Waals surface area contributed by atoms with E-state index in [2.05, 4.69) is 0 Å². The number of rotatable bonds is 4. The highest BCUT2D eigenvalue weighted by Crippen LogP contribution is 2.40. The van der Waals surface area contributed by atoms with Crippen LogP contribution in [0.15, 0.2) is 11.4 Å². The van der Waals surface area contributed by atoms with Gasteiger partial charge in [-0.2, -0.15) is 0 Å². The quantitative estimate of drug-likeness (QED) is 0.927. The Hall–Kier alpha value is -0.590. The number of hydrogen-bond acceptors (Lipinski definition) is 5. The molecule has 1 aliphatic rings. The van der Waals surface area contributed by atoms with E-state index in [9.17, 15) is 8.42 Å². The molecule has 3 atom stereocenters. The zero-order chi connectivity index (χ0) is 14.0. The summed E-state index contributed by atoms with van der Waals surface area (Å²) in [5.41, 5.74) is 6.33. The Morgan fingerprint density at radius 1 is 1.47 bits per heavy atom. The molecule has 0 spiro atoms. The molecule has 0 amide bonds. The van der Waals surface area contributed by atoms with Crippen LogP contribution in [0.2, 0.25) is 0 Å². The van der Waals surface area contributed by atoms with Gasteiger partial charge in [0.25, 0.3) is 0 Å². The number of methoxy groups -OCH3 is 1. The van der Waals surface area contributed by atoms with E-state index in [0.717, 1.165) is 29.9 Å². The van der Waals surface area contributed by atoms with Gasteiger partial charge in [0.15, 0.2) is 0 Å². The second-order valence-electron chi connectivity index (χ2n) is 5.26. The second kappa shape index (κ2) is 5.81. The first-order valence-electron chi connectivity index (χ1n) is 6.49. The minimum atomic E-state index is -2.96. The van der Waals surface area contributed by atoms with Crippen molar-refractivity contribution in [1.82, 2.24) is 0 Å². The summed E-state index contributed by atoms with van der Waals surface area (Å²) in [7, 11) is -1.32. The molecule has 2 rings (SSSR count). The fraction of sp³-hybridized carbons (Fsp3) is 0.692. The summed E-state index contributed by atoms with van der Waals surface area (Å²) >= 11 is 1.59. The number of sulfone groups is 1. The molecule has 19 heavy (non-hydrogen) atoms. The van der Waals surface area contributed by atoms with Crippen LogP contribution in [-0.4, -0.2) is 27.0 Å². The van der Waals surface area contributed by atoms with Crippen LogP contribution < -0.4 is 10.5 Å². The van der Waals surface area contributed by atoms with Gasteiger partial charge in [-0.15, -0.1) is 11.3 Å². The third-order valence-electron chi connectivity index (χ3n) is 3.96. The zero-order valence-electron chi connectivity index (χ0n) is 11.3. The van der Waals surface area contributed by atoms with Gasteiger partial charge in [0, 0.05) is 12.3 Å². The minimum absolute atomic E-state index is 0.125. The third kappa shape index (κ3) is 3.30. The van der Waals surface area contributed by atoms with Crippen LogP contribution in [-0.2, 0) is 9.84 Å². The first-order chi connectivity index (χ1) is 8.93. The van der Waals surface area contributed by atoms with Crippen LogP contribution in [0.5, 0.6) is 5.75 Å². The standard InChI is InChI=1S/C13H21NO3S2/c1-17-11-6-7-18-13(11)12(14)9-4-3-5-10(8-9)19(2,15)16/h6-7,9-10,12H,3-5,8,14H2,1-2H3. The van der Waals surface area contributed by atoms with E-state index < -0.39 is 9.84 Å². The van der Waals surface area contributed by atoms with Crippen molar-refractivity contribution in [2.75, 3.05) is 13.4 Å². The minimum Gasteiger partial charge on any atom is -0.496 e. The van der Waals surface area contributed by atoms with E-state index >= 15 is 0 Å². The van der Waals surface area contributed by atoms with Crippen molar-refractivity contribution in [3.05, 3.63) is 16.3 Å². The van der Waals surface area contributed by atoms with Gasteiger partial charge in [-0.1, -0.05) is 6.42 Å². The van der Waals surface area contributed by atoms with E-state index in [4.69, 9.17) is 10.5 Å². The van der Waals surface area contributed by atoms with Crippen LogP contribution in [0.25, 0.3) is 0 Å². The molecule has 0 bridgehead atoms. The van der Waals surface area contributed by atoms with Gasteiger partial charge < -0.3 is 10.5 Å². The molecule has 1 aliphatic carbocycles. The van der Waals surface area contributed by atoms with Crippen LogP contribution in [0.1, 0.15) is 36.6 Å². The summed E-state index contributed by atoms with van der Waals surface area (Å²) in [5, 5.41) is 1.73. The topological polar surface area (TPSA) is 69.4 Å². The zero-order valence-corrected chi connectivity index (χ0v) is 13.0. The van der Waals surface area contributed by atoms with E-state index in [1.807, 2.05) is 11.4 Å². The maximum atomic E-state index is 11.7. The summed E-state index contributed by atoms with van der Waals surface area (Å²) in [5.74, 6) is 1.04. The highest BCUT2D eigenvalue weighted by Gasteiger charge is 2.33. The van der Waals surface area contributed by atoms with Gasteiger partial charge in [0.05, 0.1) is 17.2 Å². The van der Waals surface area contributed by atoms with Crippen LogP contribution in [0.3, 0.4) is 0 Å². The monoisotopic (exact) mass is 303 g/mol. The van der Waals surface area contributed by atoms with Crippen molar-refractivity contribution in [3.63, 3.8) is 0 Å². The predicted octanol–water partition coefficient (Wildman–Crippen LogP) is 2.36. The van der Waals surface area contributed by atoms with Gasteiger partial charge in [0.2, 0.25) is 0 Å². The average molecular weight is 303 g/mol. The lowest BCUT2D eigenvalue weighted by atomic mass is 9.83. The van der Waals surface area contributed by atoms with Crippen molar-refractivity contribution in [2.45, 2.75) is 37.0 Å². The van der Waals surface area contributed by atoms with Gasteiger partial charge in [-0.3, -0.25) is 0 Å². The Bertz CT molecular complexity index is 524. The van der Waals surface area contributed by atoms with Gasteiger partial charge in [-0.25, -0.2) is 8.42 Å². The lowest BCUT2D eigenvalue weighted by Crippen LogP contribution is -2.32. The smallest absolute Gasteiger partial charge is 0.150 e. The second-order valence-corrected chi connectivity index (χ2v) is 8.53. The Balaban J connectivity index is 2.13. The molecule has 4 nitrogen and oxygen atoms in total. The normalized spacial score (nSPS) is 26.1. The highest BCUT2D eigenvalue weighted by atomic mass is 32.2. The van der Waals surface area contributed by atoms with Crippen LogP contribution >= 0.6 is 11.3 Å². The molecule has 3 unspecified atom stereocenters. The molecule has 0 saturated heterocycles. The summed E-state index contributed by atoms with van der Waals surface area (Å²) in [4.78, 5) is 1.03. The predicted molar refractivity (Wildman–Crippen MR) is 78.4 cm³/mol. The van der Waals surface area contributed by atoms with E-state index in [1.54, 1.807) is 18.4 Å². The van der Waals surface area contributed by atoms with E-state index in [1.165, 1.54) is 6.26 Å². The number of hydrogen-bond donors (Lipinski definition) is 1. The largest absolute Gasteiger partial charge is 0.496 e. The molecule has 1 saturated carbocycles. The van der Waals surface area contributed by atoms with Gasteiger partial charge >= 0.3 is 0 Å². The molecular formula is C13H21NO3S2. The SMILES string of the molecule is COc1ccsc1C(N)C1CCCC(S(C)(=O)=O)C1. The molecular weight excluding hydrogens is 282 g/mol. The molecule has 6 heteroatoms. The van der Waals surface area contributed by atoms with Crippen molar-refractivity contribution in [1.29, 1.82) is 0 Å². The maximum Gasteiger partial charge on any atom is 0.150 e. The van der Waals surface area contributed by atoms with Crippen molar-refractivity contribution >= 4 is 21.2 Å². The molecule has 0 aliphatic heterocycles. The summed E-state index contributed by atoms with van der Waals surface area (Å²) in [6.07, 6.45) is 4.69. The molecule has 1 aromatic heterocycles. The summed E-state index contributed by atoms with van der Waals surface area (Å²) in [6.45, 7) is 0. The van der Waals surface area contributed by atoms with Crippen molar-refractivity contribution in [2.24, 2.45) is 11.7 Å². The Kier molecular flexibility index (Phi) is 4.53. The first-order valence-corrected chi connectivity index (χ1v) is 9.32. The van der Waals surface area contributed by atoms with Crippen LogP contribution in [0, 0.1) is 5.92 Å². The van der Waals surface area contributed by atoms with Crippen molar-refractivity contribution in [3.8, 4) is 5.75 Å². The average Bonchev–Trinajstić information content (AvgIpc) is 2.85. The fourth-order valence-electron chi connectivity index (χ4n) is 2.83. The third-order valence-corrected chi connectivity index (χ3v) is 6.60. The first kappa shape index (κ1) is 14.8. The van der Waals surface area contributed by atoms with Gasteiger partial charge in [-0.05, 0) is 36.6 Å². The highest BCUT2D eigenvalue weighted by molar-refractivity contribution is 7.91. The van der Waals surface area contributed by atoms with Gasteiger partial charge in [0.1, 0.15) is 15.6 Å². The summed E-state index contributed by atoms with van der Waals surface area (Å²) in [6, 6.07) is 1.79. The number of ether oxygens (including phenoxy) is 1. The Morgan fingerprint density at radius 3 is 2.84 bits per heavy atom. The van der Waals surface area contributed by atoms with Crippen LogP contribution in [0.4, 0.5) is 0 Å². The summed E-state index contributed by atoms with van der Waals surface area (Å²) < 4.78 is 28.7.